The summed E-state index contributed by atoms with van der Waals surface area (Å²) in [5.41, 5.74) is 8.32. The molecule has 0 aliphatic carbocycles. The third-order valence-electron chi connectivity index (χ3n) is 3.04. The van der Waals surface area contributed by atoms with Gasteiger partial charge in [-0.15, -0.1) is 0 Å². The molecular formula is C14H25N3O2. The Bertz CT molecular complexity index is 432. The second-order valence-corrected chi connectivity index (χ2v) is 6.01. The van der Waals surface area contributed by atoms with E-state index in [0.717, 1.165) is 17.7 Å². The van der Waals surface area contributed by atoms with Crippen LogP contribution in [0.2, 0.25) is 0 Å². The van der Waals surface area contributed by atoms with Crippen molar-refractivity contribution in [3.63, 3.8) is 0 Å². The lowest BCUT2D eigenvalue weighted by Crippen LogP contribution is -2.25. The van der Waals surface area contributed by atoms with Crippen molar-refractivity contribution in [2.24, 2.45) is 12.8 Å². The van der Waals surface area contributed by atoms with Gasteiger partial charge in [-0.3, -0.25) is 9.48 Å². The predicted molar refractivity (Wildman–Crippen MR) is 74.8 cm³/mol. The van der Waals surface area contributed by atoms with Crippen molar-refractivity contribution < 1.29 is 9.53 Å². The van der Waals surface area contributed by atoms with Crippen LogP contribution < -0.4 is 5.73 Å². The van der Waals surface area contributed by atoms with E-state index >= 15 is 0 Å². The van der Waals surface area contributed by atoms with Crippen molar-refractivity contribution in [2.75, 3.05) is 7.11 Å². The van der Waals surface area contributed by atoms with Gasteiger partial charge in [-0.1, -0.05) is 20.8 Å². The van der Waals surface area contributed by atoms with Gasteiger partial charge in [-0.2, -0.15) is 5.10 Å². The Morgan fingerprint density at radius 3 is 2.68 bits per heavy atom. The average molecular weight is 267 g/mol. The minimum atomic E-state index is -0.210. The Morgan fingerprint density at radius 2 is 2.16 bits per heavy atom. The molecular weight excluding hydrogens is 242 g/mol. The summed E-state index contributed by atoms with van der Waals surface area (Å²) in [5.74, 6) is -0.210. The van der Waals surface area contributed by atoms with E-state index in [1.807, 2.05) is 17.9 Å². The predicted octanol–water partition coefficient (Wildman–Crippen LogP) is 1.54. The maximum Gasteiger partial charge on any atom is 0.305 e. The van der Waals surface area contributed by atoms with E-state index in [2.05, 4.69) is 30.6 Å². The molecule has 0 spiro atoms. The molecule has 0 radical (unpaired) electrons. The van der Waals surface area contributed by atoms with Crippen LogP contribution in [0.1, 0.15) is 44.9 Å². The van der Waals surface area contributed by atoms with Crippen LogP contribution in [-0.2, 0) is 28.4 Å². The normalized spacial score (nSPS) is 13.4. The molecule has 0 aliphatic rings. The van der Waals surface area contributed by atoms with Gasteiger partial charge in [0.1, 0.15) is 0 Å². The van der Waals surface area contributed by atoms with Crippen molar-refractivity contribution in [3.05, 3.63) is 17.5 Å². The van der Waals surface area contributed by atoms with E-state index in [1.54, 1.807) is 0 Å². The molecule has 1 rings (SSSR count). The molecule has 2 N–H and O–H groups in total. The first-order chi connectivity index (χ1) is 8.74. The zero-order valence-electron chi connectivity index (χ0n) is 12.6. The monoisotopic (exact) mass is 267 g/mol. The number of aromatic nitrogens is 2. The van der Waals surface area contributed by atoms with Crippen LogP contribution >= 0.6 is 0 Å². The Kier molecular flexibility index (Phi) is 5.11. The number of ether oxygens (including phenoxy) is 1. The van der Waals surface area contributed by atoms with Gasteiger partial charge in [0.25, 0.3) is 0 Å². The first kappa shape index (κ1) is 15.7. The summed E-state index contributed by atoms with van der Waals surface area (Å²) in [5, 5.41) is 4.52. The number of methoxy groups -OCH3 is 1. The third kappa shape index (κ3) is 4.67. The first-order valence-corrected chi connectivity index (χ1v) is 6.59. The number of hydrogen-bond acceptors (Lipinski definition) is 4. The molecule has 0 aliphatic heterocycles. The van der Waals surface area contributed by atoms with Gasteiger partial charge in [0.05, 0.1) is 12.8 Å². The van der Waals surface area contributed by atoms with E-state index in [4.69, 9.17) is 5.73 Å². The van der Waals surface area contributed by atoms with Gasteiger partial charge in [-0.25, -0.2) is 0 Å². The maximum atomic E-state index is 11.1. The highest BCUT2D eigenvalue weighted by atomic mass is 16.5. The molecule has 0 amide bonds. The molecule has 1 heterocycles. The molecule has 5 nitrogen and oxygen atoms in total. The molecule has 1 atom stereocenters. The second-order valence-electron chi connectivity index (χ2n) is 6.01. The van der Waals surface area contributed by atoms with Gasteiger partial charge < -0.3 is 10.5 Å². The zero-order valence-corrected chi connectivity index (χ0v) is 12.6. The van der Waals surface area contributed by atoms with Crippen LogP contribution in [0.15, 0.2) is 6.20 Å². The van der Waals surface area contributed by atoms with Crippen LogP contribution in [0.5, 0.6) is 0 Å². The molecule has 0 saturated heterocycles. The van der Waals surface area contributed by atoms with E-state index < -0.39 is 0 Å². The summed E-state index contributed by atoms with van der Waals surface area (Å²) >= 11 is 0. The Labute approximate surface area is 115 Å². The fraction of sp³-hybridized carbons (Fsp3) is 0.714. The summed E-state index contributed by atoms with van der Waals surface area (Å²) in [6.45, 7) is 6.41. The lowest BCUT2D eigenvalue weighted by molar-refractivity contribution is -0.140. The largest absolute Gasteiger partial charge is 0.469 e. The van der Waals surface area contributed by atoms with Crippen LogP contribution in [0.4, 0.5) is 0 Å². The summed E-state index contributed by atoms with van der Waals surface area (Å²) in [6, 6.07) is -0.0515. The van der Waals surface area contributed by atoms with Crippen molar-refractivity contribution in [1.29, 1.82) is 0 Å². The van der Waals surface area contributed by atoms with Crippen LogP contribution in [0.25, 0.3) is 0 Å². The number of nitrogens with two attached hydrogens (primary N) is 1. The van der Waals surface area contributed by atoms with E-state index in [9.17, 15) is 4.79 Å². The van der Waals surface area contributed by atoms with Crippen LogP contribution in [-0.4, -0.2) is 28.9 Å². The number of aryl methyl sites for hydroxylation is 1. The molecule has 0 aromatic carbocycles. The fourth-order valence-corrected chi connectivity index (χ4v) is 2.11. The number of carbonyl (C=O) groups is 1. The van der Waals surface area contributed by atoms with Gasteiger partial charge >= 0.3 is 5.97 Å². The van der Waals surface area contributed by atoms with Crippen molar-refractivity contribution in [3.8, 4) is 0 Å². The summed E-state index contributed by atoms with van der Waals surface area (Å²) in [7, 11) is 3.31. The number of nitrogens with zero attached hydrogens (tertiary/aromatic N) is 2. The third-order valence-corrected chi connectivity index (χ3v) is 3.04. The SMILES string of the molecule is COC(=O)CCC(N)Cc1cn(C)nc1C(C)(C)C. The minimum Gasteiger partial charge on any atom is -0.469 e. The maximum absolute atomic E-state index is 11.1. The second kappa shape index (κ2) is 6.19. The highest BCUT2D eigenvalue weighted by Gasteiger charge is 2.23. The standard InChI is InChI=1S/C14H25N3O2/c1-14(2,3)13-10(9-17(4)16-13)8-11(15)6-7-12(18)19-5/h9,11H,6-8,15H2,1-5H3. The van der Waals surface area contributed by atoms with Crippen molar-refractivity contribution in [1.82, 2.24) is 9.78 Å². The fourth-order valence-electron chi connectivity index (χ4n) is 2.11. The molecule has 0 bridgehead atoms. The molecule has 0 fully saturated rings. The van der Waals surface area contributed by atoms with Gasteiger partial charge in [0.2, 0.25) is 0 Å². The molecule has 0 saturated carbocycles. The number of hydrogen-bond donors (Lipinski definition) is 1. The lowest BCUT2D eigenvalue weighted by atomic mass is 9.87. The lowest BCUT2D eigenvalue weighted by Gasteiger charge is -2.19. The highest BCUT2D eigenvalue weighted by Crippen LogP contribution is 2.25. The summed E-state index contributed by atoms with van der Waals surface area (Å²) < 4.78 is 6.44. The van der Waals surface area contributed by atoms with Crippen molar-refractivity contribution in [2.45, 2.75) is 51.5 Å². The molecule has 5 heteroatoms. The number of rotatable bonds is 5. The van der Waals surface area contributed by atoms with Gasteiger partial charge in [-0.05, 0) is 18.4 Å². The summed E-state index contributed by atoms with van der Waals surface area (Å²) in [6.07, 6.45) is 3.74. The van der Waals surface area contributed by atoms with Gasteiger partial charge in [0, 0.05) is 31.1 Å². The van der Waals surface area contributed by atoms with E-state index in [1.165, 1.54) is 7.11 Å². The first-order valence-electron chi connectivity index (χ1n) is 6.59. The quantitative estimate of drug-likeness (QED) is 0.822. The summed E-state index contributed by atoms with van der Waals surface area (Å²) in [4.78, 5) is 11.1. The molecule has 108 valence electrons. The molecule has 19 heavy (non-hydrogen) atoms. The van der Waals surface area contributed by atoms with E-state index in [0.29, 0.717) is 12.8 Å². The topological polar surface area (TPSA) is 70.1 Å². The molecule has 1 aromatic heterocycles. The van der Waals surface area contributed by atoms with Crippen LogP contribution in [0.3, 0.4) is 0 Å². The van der Waals surface area contributed by atoms with Crippen LogP contribution in [0, 0.1) is 0 Å². The van der Waals surface area contributed by atoms with Crippen molar-refractivity contribution >= 4 is 5.97 Å². The minimum absolute atomic E-state index is 0.00133. The Hall–Kier alpha value is -1.36. The molecule has 1 unspecified atom stereocenters. The average Bonchev–Trinajstić information content (AvgIpc) is 2.66. The Morgan fingerprint density at radius 1 is 1.53 bits per heavy atom. The smallest absolute Gasteiger partial charge is 0.305 e. The van der Waals surface area contributed by atoms with Gasteiger partial charge in [0.15, 0.2) is 0 Å². The zero-order chi connectivity index (χ0) is 14.6. The highest BCUT2D eigenvalue weighted by molar-refractivity contribution is 5.69. The number of esters is 1. The van der Waals surface area contributed by atoms with E-state index in [-0.39, 0.29) is 17.4 Å². The number of carbonyl (C=O) groups excluding carboxylic acids is 1. The molecule has 1 aromatic rings. The Balaban J connectivity index is 2.69.